The number of nitriles is 1. The van der Waals surface area contributed by atoms with Gasteiger partial charge in [0.2, 0.25) is 0 Å². The zero-order valence-corrected chi connectivity index (χ0v) is 16.9. The van der Waals surface area contributed by atoms with Gasteiger partial charge in [-0.05, 0) is 55.0 Å². The number of benzene rings is 1. The van der Waals surface area contributed by atoms with Gasteiger partial charge in [-0.15, -0.1) is 0 Å². The van der Waals surface area contributed by atoms with Crippen LogP contribution in [0.25, 0.3) is 0 Å². The molecule has 0 unspecified atom stereocenters. The van der Waals surface area contributed by atoms with E-state index in [4.69, 9.17) is 4.98 Å². The molecule has 0 radical (unpaired) electrons. The summed E-state index contributed by atoms with van der Waals surface area (Å²) >= 11 is 3.35. The topological polar surface area (TPSA) is 60.2 Å². The average Bonchev–Trinajstić information content (AvgIpc) is 3.53. The number of piperazine rings is 1. The summed E-state index contributed by atoms with van der Waals surface area (Å²) in [6.07, 6.45) is 4.57. The Kier molecular flexibility index (Phi) is 4.88. The number of pyridine rings is 1. The van der Waals surface area contributed by atoms with Gasteiger partial charge in [0.1, 0.15) is 5.82 Å². The Morgan fingerprint density at radius 3 is 2.59 bits per heavy atom. The maximum Gasteiger partial charge on any atom is 0.255 e. The second-order valence-corrected chi connectivity index (χ2v) is 8.18. The molecule has 1 aromatic heterocycles. The molecule has 4 rings (SSSR count). The molecule has 0 atom stereocenters. The van der Waals surface area contributed by atoms with Crippen LogP contribution in [0, 0.1) is 18.3 Å². The number of anilines is 1. The third kappa shape index (κ3) is 3.70. The van der Waals surface area contributed by atoms with Crippen LogP contribution >= 0.6 is 15.9 Å². The smallest absolute Gasteiger partial charge is 0.255 e. The van der Waals surface area contributed by atoms with Crippen LogP contribution in [0.1, 0.15) is 45.8 Å². The van der Waals surface area contributed by atoms with Crippen LogP contribution in [0.5, 0.6) is 0 Å². The van der Waals surface area contributed by atoms with Gasteiger partial charge >= 0.3 is 0 Å². The molecule has 1 aliphatic heterocycles. The molecule has 2 fully saturated rings. The molecule has 0 N–H and O–H groups in total. The molecule has 0 spiro atoms. The van der Waals surface area contributed by atoms with Crippen LogP contribution in [0.2, 0.25) is 0 Å². The van der Waals surface area contributed by atoms with E-state index in [1.807, 2.05) is 11.1 Å². The highest BCUT2D eigenvalue weighted by Gasteiger charge is 2.27. The maximum absolute atomic E-state index is 12.9. The monoisotopic (exact) mass is 424 g/mol. The Morgan fingerprint density at radius 2 is 1.96 bits per heavy atom. The second kappa shape index (κ2) is 7.32. The molecule has 6 heteroatoms. The van der Waals surface area contributed by atoms with Crippen LogP contribution in [0.3, 0.4) is 0 Å². The van der Waals surface area contributed by atoms with Gasteiger partial charge in [-0.3, -0.25) is 4.79 Å². The zero-order valence-electron chi connectivity index (χ0n) is 15.3. The van der Waals surface area contributed by atoms with Crippen LogP contribution in [0.4, 0.5) is 5.82 Å². The van der Waals surface area contributed by atoms with Gasteiger partial charge in [0.15, 0.2) is 0 Å². The predicted octanol–water partition coefficient (Wildman–Crippen LogP) is 3.86. The van der Waals surface area contributed by atoms with E-state index in [2.05, 4.69) is 39.9 Å². The molecular weight excluding hydrogens is 404 g/mol. The molecular formula is C21H21BrN4O. The number of amides is 1. The number of halogens is 1. The van der Waals surface area contributed by atoms with Crippen molar-refractivity contribution in [1.29, 1.82) is 5.26 Å². The van der Waals surface area contributed by atoms with Crippen molar-refractivity contribution in [2.24, 2.45) is 0 Å². The largest absolute Gasteiger partial charge is 0.353 e. The van der Waals surface area contributed by atoms with Crippen molar-refractivity contribution in [2.45, 2.75) is 25.7 Å². The number of carbonyl (C=O) groups excluding carboxylic acids is 1. The Labute approximate surface area is 167 Å². The fourth-order valence-corrected chi connectivity index (χ4v) is 4.01. The third-order valence-electron chi connectivity index (χ3n) is 5.32. The minimum Gasteiger partial charge on any atom is -0.353 e. The van der Waals surface area contributed by atoms with Crippen molar-refractivity contribution in [3.63, 3.8) is 0 Å². The molecule has 138 valence electrons. The predicted molar refractivity (Wildman–Crippen MR) is 108 cm³/mol. The molecule has 5 nitrogen and oxygen atoms in total. The average molecular weight is 425 g/mol. The SMILES string of the molecule is Cc1cc(C2CC2)cnc1N1CCN(C(=O)c2ccc(Br)cc2C#N)CC1. The normalized spacial score (nSPS) is 16.9. The lowest BCUT2D eigenvalue weighted by Crippen LogP contribution is -2.49. The van der Waals surface area contributed by atoms with Crippen LogP contribution in [-0.2, 0) is 0 Å². The summed E-state index contributed by atoms with van der Waals surface area (Å²) in [7, 11) is 0. The first-order chi connectivity index (χ1) is 13.1. The van der Waals surface area contributed by atoms with Gasteiger partial charge in [-0.25, -0.2) is 4.98 Å². The van der Waals surface area contributed by atoms with Gasteiger partial charge in [-0.2, -0.15) is 5.26 Å². The first kappa shape index (κ1) is 18.0. The third-order valence-corrected chi connectivity index (χ3v) is 5.81. The minimum absolute atomic E-state index is 0.0764. The Balaban J connectivity index is 1.45. The lowest BCUT2D eigenvalue weighted by Gasteiger charge is -2.36. The van der Waals surface area contributed by atoms with Crippen molar-refractivity contribution in [3.05, 3.63) is 57.2 Å². The molecule has 1 amide bonds. The molecule has 1 aliphatic carbocycles. The van der Waals surface area contributed by atoms with Gasteiger partial charge in [-0.1, -0.05) is 22.0 Å². The number of nitrogens with zero attached hydrogens (tertiary/aromatic N) is 4. The first-order valence-corrected chi connectivity index (χ1v) is 10.1. The molecule has 1 aromatic carbocycles. The fraction of sp³-hybridized carbons (Fsp3) is 0.381. The summed E-state index contributed by atoms with van der Waals surface area (Å²) in [6.45, 7) is 4.88. The molecule has 0 bridgehead atoms. The number of hydrogen-bond donors (Lipinski definition) is 0. The quantitative estimate of drug-likeness (QED) is 0.750. The van der Waals surface area contributed by atoms with E-state index in [9.17, 15) is 10.1 Å². The van der Waals surface area contributed by atoms with Crippen LogP contribution in [-0.4, -0.2) is 42.0 Å². The van der Waals surface area contributed by atoms with E-state index in [0.717, 1.165) is 23.4 Å². The summed E-state index contributed by atoms with van der Waals surface area (Å²) in [5.74, 6) is 1.65. The van der Waals surface area contributed by atoms with E-state index >= 15 is 0 Å². The van der Waals surface area contributed by atoms with Gasteiger partial charge in [0.05, 0.1) is 17.2 Å². The van der Waals surface area contributed by atoms with Crippen molar-refractivity contribution >= 4 is 27.7 Å². The lowest BCUT2D eigenvalue weighted by atomic mass is 10.1. The van der Waals surface area contributed by atoms with Crippen molar-refractivity contribution < 1.29 is 4.79 Å². The van der Waals surface area contributed by atoms with E-state index in [1.54, 1.807) is 18.2 Å². The summed E-state index contributed by atoms with van der Waals surface area (Å²) < 4.78 is 0.802. The van der Waals surface area contributed by atoms with Crippen LogP contribution < -0.4 is 4.90 Å². The Bertz CT molecular complexity index is 924. The van der Waals surface area contributed by atoms with Gasteiger partial charge in [0, 0.05) is 36.8 Å². The fourth-order valence-electron chi connectivity index (χ4n) is 3.65. The molecule has 27 heavy (non-hydrogen) atoms. The molecule has 1 saturated heterocycles. The van der Waals surface area contributed by atoms with E-state index in [0.29, 0.717) is 30.1 Å². The van der Waals surface area contributed by atoms with Crippen molar-refractivity contribution in [3.8, 4) is 6.07 Å². The number of carbonyl (C=O) groups is 1. The van der Waals surface area contributed by atoms with E-state index in [1.165, 1.54) is 24.0 Å². The molecule has 1 saturated carbocycles. The van der Waals surface area contributed by atoms with Gasteiger partial charge < -0.3 is 9.80 Å². The van der Waals surface area contributed by atoms with Crippen LogP contribution in [0.15, 0.2) is 34.9 Å². The highest BCUT2D eigenvalue weighted by molar-refractivity contribution is 9.10. The number of hydrogen-bond acceptors (Lipinski definition) is 4. The Morgan fingerprint density at radius 1 is 1.22 bits per heavy atom. The number of aryl methyl sites for hydroxylation is 1. The van der Waals surface area contributed by atoms with E-state index < -0.39 is 0 Å². The molecule has 2 heterocycles. The minimum atomic E-state index is -0.0764. The van der Waals surface area contributed by atoms with Crippen molar-refractivity contribution in [1.82, 2.24) is 9.88 Å². The maximum atomic E-state index is 12.9. The van der Waals surface area contributed by atoms with Gasteiger partial charge in [0.25, 0.3) is 5.91 Å². The second-order valence-electron chi connectivity index (χ2n) is 7.26. The number of aromatic nitrogens is 1. The zero-order chi connectivity index (χ0) is 19.0. The summed E-state index contributed by atoms with van der Waals surface area (Å²) in [5, 5.41) is 9.32. The first-order valence-electron chi connectivity index (χ1n) is 9.27. The van der Waals surface area contributed by atoms with E-state index in [-0.39, 0.29) is 5.91 Å². The summed E-state index contributed by atoms with van der Waals surface area (Å²) in [5.41, 5.74) is 3.44. The highest BCUT2D eigenvalue weighted by atomic mass is 79.9. The standard InChI is InChI=1S/C21H21BrN4O/c1-14-10-17(15-2-3-15)13-24-20(14)25-6-8-26(9-7-25)21(27)19-5-4-18(22)11-16(19)12-23/h4-5,10-11,13,15H,2-3,6-9H2,1H3. The highest BCUT2D eigenvalue weighted by Crippen LogP contribution is 2.40. The van der Waals surface area contributed by atoms with Crippen molar-refractivity contribution in [2.75, 3.05) is 31.1 Å². The molecule has 2 aliphatic rings. The summed E-state index contributed by atoms with van der Waals surface area (Å²) in [4.78, 5) is 21.6. The summed E-state index contributed by atoms with van der Waals surface area (Å²) in [6, 6.07) is 9.60. The molecule has 2 aromatic rings. The Hall–Kier alpha value is -2.39. The number of rotatable bonds is 3. The lowest BCUT2D eigenvalue weighted by molar-refractivity contribution is 0.0746.